The summed E-state index contributed by atoms with van der Waals surface area (Å²) in [6.45, 7) is 23.0. The first kappa shape index (κ1) is 30.1. The molecule has 0 N–H and O–H groups in total. The molecule has 1 fully saturated rings. The van der Waals surface area contributed by atoms with Crippen LogP contribution in [0.5, 0.6) is 5.75 Å². The zero-order valence-corrected chi connectivity index (χ0v) is 25.4. The predicted octanol–water partition coefficient (Wildman–Crippen LogP) is 8.11. The quantitative estimate of drug-likeness (QED) is 0.164. The molecule has 0 bridgehead atoms. The lowest BCUT2D eigenvalue weighted by Gasteiger charge is -2.36. The molecule has 198 valence electrons. The Balaban J connectivity index is 2.36. The normalized spacial score (nSPS) is 19.8. The molecule has 1 aromatic carbocycles. The van der Waals surface area contributed by atoms with Crippen molar-refractivity contribution < 1.29 is 18.5 Å². The summed E-state index contributed by atoms with van der Waals surface area (Å²) in [5.41, 5.74) is 0.326. The van der Waals surface area contributed by atoms with Crippen molar-refractivity contribution in [2.24, 2.45) is 0 Å². The lowest BCUT2D eigenvalue weighted by Crippen LogP contribution is -2.45. The number of hydrogen-bond donors (Lipinski definition) is 0. The zero-order chi connectivity index (χ0) is 26.5. The molecule has 0 aliphatic carbocycles. The van der Waals surface area contributed by atoms with E-state index in [1.807, 2.05) is 12.1 Å². The van der Waals surface area contributed by atoms with E-state index in [0.29, 0.717) is 0 Å². The molecule has 0 aromatic heterocycles. The van der Waals surface area contributed by atoms with E-state index < -0.39 is 32.0 Å². The molecule has 0 spiro atoms. The highest BCUT2D eigenvalue weighted by Gasteiger charge is 2.59. The highest BCUT2D eigenvalue weighted by molar-refractivity contribution is 6.74. The van der Waals surface area contributed by atoms with Crippen molar-refractivity contribution in [3.63, 3.8) is 0 Å². The van der Waals surface area contributed by atoms with Crippen LogP contribution in [0.4, 0.5) is 0 Å². The molecule has 0 saturated carbocycles. The molecule has 1 heterocycles. The van der Waals surface area contributed by atoms with Gasteiger partial charge >= 0.3 is 7.12 Å². The Morgan fingerprint density at radius 1 is 1.00 bits per heavy atom. The SMILES string of the molecule is CCCCC(/C=C/CCCO[Si](C)(C)C(C)(C)C)(B1OC(C)(C)C(C)(C)O1)c1ccccc1OC. The molecule has 4 nitrogen and oxygen atoms in total. The predicted molar refractivity (Wildman–Crippen MR) is 152 cm³/mol. The van der Waals surface area contributed by atoms with E-state index in [4.69, 9.17) is 18.5 Å². The third kappa shape index (κ3) is 6.82. The second-order valence-corrected chi connectivity index (χ2v) is 17.4. The van der Waals surface area contributed by atoms with Gasteiger partial charge in [0, 0.05) is 12.2 Å². The molecule has 1 saturated heterocycles. The van der Waals surface area contributed by atoms with Crippen molar-refractivity contribution >= 4 is 15.4 Å². The molecule has 1 aromatic rings. The van der Waals surface area contributed by atoms with Gasteiger partial charge in [-0.1, -0.05) is 70.9 Å². The van der Waals surface area contributed by atoms with Gasteiger partial charge in [0.25, 0.3) is 0 Å². The van der Waals surface area contributed by atoms with Gasteiger partial charge in [-0.15, -0.1) is 0 Å². The van der Waals surface area contributed by atoms with E-state index in [9.17, 15) is 0 Å². The summed E-state index contributed by atoms with van der Waals surface area (Å²) < 4.78 is 25.6. The number of para-hydroxylation sites is 1. The monoisotopic (exact) mass is 502 g/mol. The molecule has 0 radical (unpaired) electrons. The van der Waals surface area contributed by atoms with E-state index in [0.717, 1.165) is 50.0 Å². The fourth-order valence-electron chi connectivity index (χ4n) is 4.22. The molecule has 1 aliphatic heterocycles. The Kier molecular flexibility index (Phi) is 9.94. The van der Waals surface area contributed by atoms with Crippen LogP contribution < -0.4 is 4.74 Å². The summed E-state index contributed by atoms with van der Waals surface area (Å²) in [5.74, 6) is 0.879. The summed E-state index contributed by atoms with van der Waals surface area (Å²) in [7, 11) is -0.366. The second kappa shape index (κ2) is 11.5. The molecule has 0 amide bonds. The number of unbranched alkanes of at least 4 members (excludes halogenated alkanes) is 2. The fourth-order valence-corrected chi connectivity index (χ4v) is 5.31. The minimum absolute atomic E-state index is 0.235. The Labute approximate surface area is 217 Å². The molecule has 6 heteroatoms. The van der Waals surface area contributed by atoms with Crippen LogP contribution in [-0.4, -0.2) is 40.4 Å². The summed E-state index contributed by atoms with van der Waals surface area (Å²) >= 11 is 0. The molecule has 1 aliphatic rings. The molecule has 1 atom stereocenters. The van der Waals surface area contributed by atoms with E-state index in [2.05, 4.69) is 92.8 Å². The largest absolute Gasteiger partial charge is 0.496 e. The van der Waals surface area contributed by atoms with Gasteiger partial charge in [0.15, 0.2) is 8.32 Å². The third-order valence-electron chi connectivity index (χ3n) is 8.43. The van der Waals surface area contributed by atoms with Crippen LogP contribution in [-0.2, 0) is 19.0 Å². The van der Waals surface area contributed by atoms with Crippen molar-refractivity contribution in [2.75, 3.05) is 13.7 Å². The van der Waals surface area contributed by atoms with Crippen LogP contribution in [0.3, 0.4) is 0 Å². The smallest absolute Gasteiger partial charge is 0.473 e. The molecule has 2 rings (SSSR count). The first-order valence-corrected chi connectivity index (χ1v) is 16.4. The minimum atomic E-state index is -1.72. The fraction of sp³-hybridized carbons (Fsp3) is 0.724. The topological polar surface area (TPSA) is 36.9 Å². The maximum Gasteiger partial charge on any atom is 0.473 e. The number of allylic oxidation sites excluding steroid dienone is 2. The average molecular weight is 503 g/mol. The number of rotatable bonds is 12. The Bertz CT molecular complexity index is 827. The van der Waals surface area contributed by atoms with Gasteiger partial charge in [0.05, 0.1) is 23.6 Å². The molecular formula is C29H51BO4Si. The van der Waals surface area contributed by atoms with Crippen LogP contribution in [0.25, 0.3) is 0 Å². The minimum Gasteiger partial charge on any atom is -0.496 e. The highest BCUT2D eigenvalue weighted by Crippen LogP contribution is 2.48. The van der Waals surface area contributed by atoms with Crippen molar-refractivity contribution in [1.29, 1.82) is 0 Å². The molecule has 1 unspecified atom stereocenters. The molecular weight excluding hydrogens is 451 g/mol. The van der Waals surface area contributed by atoms with Gasteiger partial charge in [-0.05, 0) is 71.2 Å². The lowest BCUT2D eigenvalue weighted by atomic mass is 9.51. The van der Waals surface area contributed by atoms with Crippen LogP contribution in [0.2, 0.25) is 18.1 Å². The summed E-state index contributed by atoms with van der Waals surface area (Å²) in [6.07, 6.45) is 9.71. The van der Waals surface area contributed by atoms with E-state index in [1.54, 1.807) is 7.11 Å². The highest BCUT2D eigenvalue weighted by atomic mass is 28.4. The van der Waals surface area contributed by atoms with Crippen LogP contribution in [0.1, 0.15) is 93.1 Å². The van der Waals surface area contributed by atoms with E-state index in [1.165, 1.54) is 0 Å². The number of ether oxygens (including phenoxy) is 1. The van der Waals surface area contributed by atoms with E-state index in [-0.39, 0.29) is 5.04 Å². The Morgan fingerprint density at radius 2 is 1.60 bits per heavy atom. The standard InChI is InChI=1S/C29H51BO4Si/c1-12-13-21-29(24-19-15-16-20-25(24)31-9,30-33-27(5,6)28(7,8)34-30)22-17-14-18-23-32-35(10,11)26(2,3)4/h15-17,19-20,22H,12-14,18,21,23H2,1-11H3/b22-17+. The van der Waals surface area contributed by atoms with Gasteiger partial charge in [-0.3, -0.25) is 0 Å². The second-order valence-electron chi connectivity index (χ2n) is 12.6. The molecule has 35 heavy (non-hydrogen) atoms. The van der Waals surface area contributed by atoms with Crippen molar-refractivity contribution in [2.45, 2.75) is 122 Å². The summed E-state index contributed by atoms with van der Waals surface area (Å²) in [4.78, 5) is 0. The van der Waals surface area contributed by atoms with E-state index >= 15 is 0 Å². The first-order chi connectivity index (χ1) is 16.1. The first-order valence-electron chi connectivity index (χ1n) is 13.4. The summed E-state index contributed by atoms with van der Waals surface area (Å²) in [5, 5.41) is -0.202. The maximum absolute atomic E-state index is 6.69. The lowest BCUT2D eigenvalue weighted by molar-refractivity contribution is 0.00578. The van der Waals surface area contributed by atoms with Crippen LogP contribution in [0.15, 0.2) is 36.4 Å². The van der Waals surface area contributed by atoms with Crippen LogP contribution in [0, 0.1) is 0 Å². The maximum atomic E-state index is 6.69. The van der Waals surface area contributed by atoms with Gasteiger partial charge in [0.2, 0.25) is 0 Å². The summed E-state index contributed by atoms with van der Waals surface area (Å²) in [6, 6.07) is 8.33. The van der Waals surface area contributed by atoms with Gasteiger partial charge in [0.1, 0.15) is 5.75 Å². The average Bonchev–Trinajstić information content (AvgIpc) is 2.99. The Morgan fingerprint density at radius 3 is 2.14 bits per heavy atom. The number of methoxy groups -OCH3 is 1. The van der Waals surface area contributed by atoms with Crippen LogP contribution >= 0.6 is 0 Å². The number of benzene rings is 1. The zero-order valence-electron chi connectivity index (χ0n) is 24.4. The van der Waals surface area contributed by atoms with Crippen molar-refractivity contribution in [3.8, 4) is 5.75 Å². The van der Waals surface area contributed by atoms with Gasteiger partial charge in [-0.25, -0.2) is 0 Å². The van der Waals surface area contributed by atoms with Gasteiger partial charge < -0.3 is 18.5 Å². The van der Waals surface area contributed by atoms with Crippen molar-refractivity contribution in [3.05, 3.63) is 42.0 Å². The number of hydrogen-bond acceptors (Lipinski definition) is 4. The van der Waals surface area contributed by atoms with Crippen molar-refractivity contribution in [1.82, 2.24) is 0 Å². The third-order valence-corrected chi connectivity index (χ3v) is 13.0. The Hall–Kier alpha value is -1.08. The van der Waals surface area contributed by atoms with Gasteiger partial charge in [-0.2, -0.15) is 0 Å².